The van der Waals surface area contributed by atoms with Crippen molar-refractivity contribution in [2.75, 3.05) is 16.8 Å². The molecule has 112 valence electrons. The van der Waals surface area contributed by atoms with E-state index in [1.807, 2.05) is 6.07 Å². The molecule has 0 unspecified atom stereocenters. The van der Waals surface area contributed by atoms with Crippen LogP contribution in [0.4, 0.5) is 17.1 Å². The molecule has 0 saturated heterocycles. The molecular formula is C21H18N2. The molecule has 0 N–H and O–H groups in total. The molecule has 1 heterocycles. The molecule has 2 heteroatoms. The summed E-state index contributed by atoms with van der Waals surface area (Å²) in [5.74, 6) is 0.971. The first kappa shape index (κ1) is 13.6. The van der Waals surface area contributed by atoms with Crippen molar-refractivity contribution in [3.63, 3.8) is 0 Å². The summed E-state index contributed by atoms with van der Waals surface area (Å²) >= 11 is 0. The molecule has 2 nitrogen and oxygen atoms in total. The van der Waals surface area contributed by atoms with E-state index in [4.69, 9.17) is 0 Å². The van der Waals surface area contributed by atoms with Crippen LogP contribution in [-0.4, -0.2) is 7.05 Å². The molecule has 1 aliphatic rings. The third kappa shape index (κ3) is 2.20. The summed E-state index contributed by atoms with van der Waals surface area (Å²) in [4.78, 5) is 4.32. The van der Waals surface area contributed by atoms with E-state index < -0.39 is 0 Å². The van der Waals surface area contributed by atoms with Crippen molar-refractivity contribution >= 4 is 17.1 Å². The molecule has 4 rings (SSSR count). The maximum absolute atomic E-state index is 4.24. The van der Waals surface area contributed by atoms with Gasteiger partial charge in [-0.2, -0.15) is 0 Å². The molecule has 3 aromatic carbocycles. The number of rotatable bonds is 2. The molecule has 0 radical (unpaired) electrons. The Kier molecular flexibility index (Phi) is 3.16. The molecule has 0 saturated carbocycles. The lowest BCUT2D eigenvalue weighted by molar-refractivity contribution is 1.09. The van der Waals surface area contributed by atoms with Crippen LogP contribution in [0.3, 0.4) is 0 Å². The summed E-state index contributed by atoms with van der Waals surface area (Å²) < 4.78 is 0. The first-order chi connectivity index (χ1) is 11.3. The average Bonchev–Trinajstić information content (AvgIpc) is 2.87. The minimum absolute atomic E-state index is 0.971. The summed E-state index contributed by atoms with van der Waals surface area (Å²) in [6, 6.07) is 27.5. The minimum atomic E-state index is 0.971. The summed E-state index contributed by atoms with van der Waals surface area (Å²) in [5.41, 5.74) is 5.95. The number of hydrogen-bond acceptors (Lipinski definition) is 2. The van der Waals surface area contributed by atoms with Crippen LogP contribution in [0.1, 0.15) is 0 Å². The largest absolute Gasteiger partial charge is 0.329 e. The smallest absolute Gasteiger partial charge is 0.110 e. The van der Waals surface area contributed by atoms with Crippen LogP contribution in [0.15, 0.2) is 91.3 Å². The van der Waals surface area contributed by atoms with Crippen molar-refractivity contribution in [2.45, 2.75) is 0 Å². The maximum atomic E-state index is 4.24. The van der Waals surface area contributed by atoms with Crippen molar-refractivity contribution in [3.8, 4) is 11.1 Å². The average molecular weight is 298 g/mol. The number of benzene rings is 3. The van der Waals surface area contributed by atoms with Gasteiger partial charge in [-0.05, 0) is 35.4 Å². The second kappa shape index (κ2) is 5.33. The summed E-state index contributed by atoms with van der Waals surface area (Å²) in [6.45, 7) is 4.24. The van der Waals surface area contributed by atoms with Crippen LogP contribution in [0.25, 0.3) is 11.1 Å². The van der Waals surface area contributed by atoms with E-state index in [1.165, 1.54) is 22.5 Å². The zero-order valence-electron chi connectivity index (χ0n) is 13.1. The van der Waals surface area contributed by atoms with Gasteiger partial charge in [-0.25, -0.2) is 0 Å². The normalized spacial score (nSPS) is 13.3. The van der Waals surface area contributed by atoms with Gasteiger partial charge in [0.1, 0.15) is 5.82 Å². The lowest BCUT2D eigenvalue weighted by atomic mass is 10.1. The second-order valence-corrected chi connectivity index (χ2v) is 5.71. The molecule has 23 heavy (non-hydrogen) atoms. The molecule has 0 amide bonds. The van der Waals surface area contributed by atoms with Crippen LogP contribution in [0, 0.1) is 0 Å². The van der Waals surface area contributed by atoms with Gasteiger partial charge >= 0.3 is 0 Å². The molecule has 3 aromatic rings. The molecular weight excluding hydrogens is 280 g/mol. The Balaban J connectivity index is 1.73. The topological polar surface area (TPSA) is 6.48 Å². The van der Waals surface area contributed by atoms with Gasteiger partial charge in [0.25, 0.3) is 0 Å². The predicted molar refractivity (Wildman–Crippen MR) is 98.0 cm³/mol. The molecule has 0 aliphatic carbocycles. The van der Waals surface area contributed by atoms with Gasteiger partial charge in [0.05, 0.1) is 11.4 Å². The van der Waals surface area contributed by atoms with Crippen molar-refractivity contribution in [3.05, 3.63) is 91.3 Å². The fourth-order valence-corrected chi connectivity index (χ4v) is 3.09. The zero-order valence-corrected chi connectivity index (χ0v) is 13.1. The highest BCUT2D eigenvalue weighted by atomic mass is 15.4. The molecule has 0 bridgehead atoms. The molecule has 0 atom stereocenters. The Hall–Kier alpha value is -3.00. The zero-order chi connectivity index (χ0) is 15.8. The van der Waals surface area contributed by atoms with E-state index in [2.05, 4.69) is 96.2 Å². The SMILES string of the molecule is C=C1N(C)c2ccccc2N1c1ccc(-c2ccccc2)cc1. The van der Waals surface area contributed by atoms with Gasteiger partial charge in [0.15, 0.2) is 0 Å². The first-order valence-electron chi connectivity index (χ1n) is 7.73. The number of para-hydroxylation sites is 2. The number of hydrogen-bond donors (Lipinski definition) is 0. The predicted octanol–water partition coefficient (Wildman–Crippen LogP) is 5.41. The fraction of sp³-hybridized carbons (Fsp3) is 0.0476. The molecule has 0 fully saturated rings. The Bertz CT molecular complexity index is 851. The highest BCUT2D eigenvalue weighted by molar-refractivity contribution is 5.88. The molecule has 0 aromatic heterocycles. The van der Waals surface area contributed by atoms with Gasteiger partial charge in [-0.1, -0.05) is 61.2 Å². The summed E-state index contributed by atoms with van der Waals surface area (Å²) in [7, 11) is 2.06. The number of anilines is 3. The van der Waals surface area contributed by atoms with Gasteiger partial charge < -0.3 is 4.90 Å². The summed E-state index contributed by atoms with van der Waals surface area (Å²) in [5, 5.41) is 0. The minimum Gasteiger partial charge on any atom is -0.329 e. The Morgan fingerprint density at radius 1 is 0.652 bits per heavy atom. The van der Waals surface area contributed by atoms with Crippen LogP contribution < -0.4 is 9.80 Å². The fourth-order valence-electron chi connectivity index (χ4n) is 3.09. The standard InChI is InChI=1S/C21H18N2/c1-16-22(2)20-10-6-7-11-21(20)23(16)19-14-12-18(13-15-19)17-8-4-3-5-9-17/h3-15H,1H2,2H3. The number of fused-ring (bicyclic) bond motifs is 1. The monoisotopic (exact) mass is 298 g/mol. The van der Waals surface area contributed by atoms with E-state index in [1.54, 1.807) is 0 Å². The third-order valence-corrected chi connectivity index (χ3v) is 4.36. The van der Waals surface area contributed by atoms with E-state index in [-0.39, 0.29) is 0 Å². The Morgan fingerprint density at radius 2 is 1.22 bits per heavy atom. The van der Waals surface area contributed by atoms with E-state index in [0.717, 1.165) is 11.5 Å². The van der Waals surface area contributed by atoms with Crippen LogP contribution in [0.5, 0.6) is 0 Å². The van der Waals surface area contributed by atoms with Crippen molar-refractivity contribution < 1.29 is 0 Å². The molecule has 0 spiro atoms. The van der Waals surface area contributed by atoms with Crippen molar-refractivity contribution in [2.24, 2.45) is 0 Å². The van der Waals surface area contributed by atoms with E-state index >= 15 is 0 Å². The van der Waals surface area contributed by atoms with E-state index in [0.29, 0.717) is 0 Å². The second-order valence-electron chi connectivity index (χ2n) is 5.71. The maximum Gasteiger partial charge on any atom is 0.110 e. The van der Waals surface area contributed by atoms with Gasteiger partial charge in [-0.3, -0.25) is 4.90 Å². The van der Waals surface area contributed by atoms with Crippen LogP contribution >= 0.6 is 0 Å². The van der Waals surface area contributed by atoms with Crippen molar-refractivity contribution in [1.82, 2.24) is 0 Å². The summed E-state index contributed by atoms with van der Waals surface area (Å²) in [6.07, 6.45) is 0. The lowest BCUT2D eigenvalue weighted by Gasteiger charge is -2.22. The highest BCUT2D eigenvalue weighted by Gasteiger charge is 2.27. The Labute approximate surface area is 136 Å². The Morgan fingerprint density at radius 3 is 1.91 bits per heavy atom. The van der Waals surface area contributed by atoms with Crippen LogP contribution in [-0.2, 0) is 0 Å². The van der Waals surface area contributed by atoms with Crippen LogP contribution in [0.2, 0.25) is 0 Å². The van der Waals surface area contributed by atoms with Gasteiger partial charge in [0, 0.05) is 12.7 Å². The first-order valence-corrected chi connectivity index (χ1v) is 7.73. The molecule has 1 aliphatic heterocycles. The van der Waals surface area contributed by atoms with E-state index in [9.17, 15) is 0 Å². The van der Waals surface area contributed by atoms with Crippen molar-refractivity contribution in [1.29, 1.82) is 0 Å². The quantitative estimate of drug-likeness (QED) is 0.624. The van der Waals surface area contributed by atoms with Gasteiger partial charge in [-0.15, -0.1) is 0 Å². The third-order valence-electron chi connectivity index (χ3n) is 4.36. The number of nitrogens with zero attached hydrogens (tertiary/aromatic N) is 2. The highest BCUT2D eigenvalue weighted by Crippen LogP contribution is 2.44. The van der Waals surface area contributed by atoms with Gasteiger partial charge in [0.2, 0.25) is 0 Å². The lowest BCUT2D eigenvalue weighted by Crippen LogP contribution is -2.20.